The number of carbonyl (C=O) groups excluding carboxylic acids is 2. The molecule has 0 aromatic heterocycles. The van der Waals surface area contributed by atoms with Gasteiger partial charge in [-0.05, 0) is 42.0 Å². The van der Waals surface area contributed by atoms with E-state index < -0.39 is 0 Å². The Morgan fingerprint density at radius 3 is 2.42 bits per heavy atom. The van der Waals surface area contributed by atoms with Crippen LogP contribution in [0.3, 0.4) is 0 Å². The predicted molar refractivity (Wildman–Crippen MR) is 99.5 cm³/mol. The molecule has 0 saturated heterocycles. The number of hydrogen-bond acceptors (Lipinski definition) is 2. The van der Waals surface area contributed by atoms with Gasteiger partial charge < -0.3 is 10.6 Å². The van der Waals surface area contributed by atoms with Crippen LogP contribution < -0.4 is 10.6 Å². The molecule has 2 rings (SSSR count). The van der Waals surface area contributed by atoms with Crippen molar-refractivity contribution in [2.75, 3.05) is 10.6 Å². The van der Waals surface area contributed by atoms with E-state index in [0.717, 1.165) is 5.56 Å². The highest BCUT2D eigenvalue weighted by molar-refractivity contribution is 6.34. The molecule has 0 aliphatic heterocycles. The number of carbonyl (C=O) groups is 2. The Labute approximate surface area is 150 Å². The van der Waals surface area contributed by atoms with Crippen molar-refractivity contribution < 1.29 is 9.59 Å². The molecular formula is C18H16Cl2N2O2. The van der Waals surface area contributed by atoms with Crippen molar-refractivity contribution in [2.24, 2.45) is 0 Å². The summed E-state index contributed by atoms with van der Waals surface area (Å²) < 4.78 is 0. The Hall–Kier alpha value is -2.30. The fourth-order valence-electron chi connectivity index (χ4n) is 1.87. The molecule has 2 aromatic carbocycles. The molecule has 0 bridgehead atoms. The van der Waals surface area contributed by atoms with E-state index in [4.69, 9.17) is 23.2 Å². The lowest BCUT2D eigenvalue weighted by Gasteiger charge is -2.09. The van der Waals surface area contributed by atoms with Gasteiger partial charge in [0.25, 0.3) is 0 Å². The van der Waals surface area contributed by atoms with Gasteiger partial charge in [-0.15, -0.1) is 0 Å². The number of hydrogen-bond donors (Lipinski definition) is 2. The van der Waals surface area contributed by atoms with Gasteiger partial charge in [-0.1, -0.05) is 42.3 Å². The summed E-state index contributed by atoms with van der Waals surface area (Å²) in [5, 5.41) is 6.43. The maximum atomic E-state index is 12.0. The summed E-state index contributed by atoms with van der Waals surface area (Å²) in [7, 11) is 0. The average molecular weight is 363 g/mol. The van der Waals surface area contributed by atoms with E-state index in [1.165, 1.54) is 6.08 Å². The van der Waals surface area contributed by atoms with E-state index in [-0.39, 0.29) is 11.8 Å². The summed E-state index contributed by atoms with van der Waals surface area (Å²) in [6.45, 7) is 1.76. The van der Waals surface area contributed by atoms with Crippen molar-refractivity contribution in [3.05, 3.63) is 64.1 Å². The molecule has 0 unspecified atom stereocenters. The van der Waals surface area contributed by atoms with E-state index in [1.54, 1.807) is 55.5 Å². The highest BCUT2D eigenvalue weighted by Crippen LogP contribution is 2.25. The maximum Gasteiger partial charge on any atom is 0.248 e. The molecule has 0 heterocycles. The zero-order chi connectivity index (χ0) is 17.5. The third-order valence-electron chi connectivity index (χ3n) is 3.13. The topological polar surface area (TPSA) is 58.2 Å². The van der Waals surface area contributed by atoms with Gasteiger partial charge in [-0.3, -0.25) is 9.59 Å². The van der Waals surface area contributed by atoms with Crippen LogP contribution in [-0.2, 0) is 9.59 Å². The first-order valence-electron chi connectivity index (χ1n) is 7.32. The van der Waals surface area contributed by atoms with Crippen molar-refractivity contribution in [2.45, 2.75) is 13.3 Å². The molecule has 4 nitrogen and oxygen atoms in total. The Kier molecular flexibility index (Phi) is 6.41. The standard InChI is InChI=1S/C18H16Cl2N2O2/c1-2-17(23)21-14-8-9-15(20)16(11-14)22-18(24)10-5-12-3-6-13(19)7-4-12/h3-11H,2H2,1H3,(H,21,23)(H,22,24)/b10-5+. The minimum atomic E-state index is -0.328. The van der Waals surface area contributed by atoms with Crippen LogP contribution in [0.15, 0.2) is 48.5 Å². The lowest BCUT2D eigenvalue weighted by atomic mass is 10.2. The van der Waals surface area contributed by atoms with Gasteiger partial charge in [0, 0.05) is 23.2 Å². The fourth-order valence-corrected chi connectivity index (χ4v) is 2.16. The zero-order valence-corrected chi connectivity index (χ0v) is 14.5. The van der Waals surface area contributed by atoms with Crippen LogP contribution in [0.5, 0.6) is 0 Å². The molecule has 124 valence electrons. The van der Waals surface area contributed by atoms with Crippen molar-refractivity contribution in [3.8, 4) is 0 Å². The molecule has 0 aliphatic rings. The van der Waals surface area contributed by atoms with Crippen LogP contribution in [0.4, 0.5) is 11.4 Å². The van der Waals surface area contributed by atoms with Crippen molar-refractivity contribution >= 4 is 52.5 Å². The minimum Gasteiger partial charge on any atom is -0.326 e. The lowest BCUT2D eigenvalue weighted by Crippen LogP contribution is -2.11. The van der Waals surface area contributed by atoms with Crippen LogP contribution in [0.25, 0.3) is 6.08 Å². The minimum absolute atomic E-state index is 0.114. The molecular weight excluding hydrogens is 347 g/mol. The highest BCUT2D eigenvalue weighted by Gasteiger charge is 2.06. The van der Waals surface area contributed by atoms with Gasteiger partial charge in [0.1, 0.15) is 0 Å². The largest absolute Gasteiger partial charge is 0.326 e. The molecule has 0 fully saturated rings. The second kappa shape index (κ2) is 8.52. The SMILES string of the molecule is CCC(=O)Nc1ccc(Cl)c(NC(=O)/C=C/c2ccc(Cl)cc2)c1. The number of amides is 2. The van der Waals surface area contributed by atoms with Crippen molar-refractivity contribution in [1.82, 2.24) is 0 Å². The molecule has 0 aliphatic carbocycles. The first-order valence-corrected chi connectivity index (χ1v) is 8.07. The Morgan fingerprint density at radius 1 is 1.04 bits per heavy atom. The normalized spacial score (nSPS) is 10.6. The molecule has 2 N–H and O–H groups in total. The summed E-state index contributed by atoms with van der Waals surface area (Å²) in [5.41, 5.74) is 1.85. The van der Waals surface area contributed by atoms with Crippen LogP contribution in [0.1, 0.15) is 18.9 Å². The van der Waals surface area contributed by atoms with E-state index in [9.17, 15) is 9.59 Å². The Bertz CT molecular complexity index is 771. The van der Waals surface area contributed by atoms with E-state index in [1.807, 2.05) is 0 Å². The van der Waals surface area contributed by atoms with E-state index in [0.29, 0.717) is 27.8 Å². The lowest BCUT2D eigenvalue weighted by molar-refractivity contribution is -0.116. The first kappa shape index (κ1) is 18.0. The summed E-state index contributed by atoms with van der Waals surface area (Å²) in [6, 6.07) is 12.0. The average Bonchev–Trinajstić information content (AvgIpc) is 2.57. The monoisotopic (exact) mass is 362 g/mol. The number of rotatable bonds is 5. The van der Waals surface area contributed by atoms with E-state index >= 15 is 0 Å². The van der Waals surface area contributed by atoms with Crippen LogP contribution >= 0.6 is 23.2 Å². The smallest absolute Gasteiger partial charge is 0.248 e. The van der Waals surface area contributed by atoms with Gasteiger partial charge in [0.2, 0.25) is 11.8 Å². The van der Waals surface area contributed by atoms with Crippen LogP contribution in [0.2, 0.25) is 10.0 Å². The predicted octanol–water partition coefficient (Wildman–Crippen LogP) is 4.99. The molecule has 0 atom stereocenters. The number of benzene rings is 2. The second-order valence-electron chi connectivity index (χ2n) is 4.97. The van der Waals surface area contributed by atoms with Crippen molar-refractivity contribution in [3.63, 3.8) is 0 Å². The second-order valence-corrected chi connectivity index (χ2v) is 5.81. The van der Waals surface area contributed by atoms with Gasteiger partial charge in [-0.25, -0.2) is 0 Å². The van der Waals surface area contributed by atoms with E-state index in [2.05, 4.69) is 10.6 Å². The molecule has 2 amide bonds. The third-order valence-corrected chi connectivity index (χ3v) is 3.71. The fraction of sp³-hybridized carbons (Fsp3) is 0.111. The molecule has 2 aromatic rings. The summed E-state index contributed by atoms with van der Waals surface area (Å²) in [5.74, 6) is -0.442. The quantitative estimate of drug-likeness (QED) is 0.735. The van der Waals surface area contributed by atoms with Gasteiger partial charge in [-0.2, -0.15) is 0 Å². The number of anilines is 2. The summed E-state index contributed by atoms with van der Waals surface area (Å²) in [4.78, 5) is 23.5. The third kappa shape index (κ3) is 5.41. The van der Waals surface area contributed by atoms with Gasteiger partial charge >= 0.3 is 0 Å². The summed E-state index contributed by atoms with van der Waals surface area (Å²) in [6.07, 6.45) is 3.44. The highest BCUT2D eigenvalue weighted by atomic mass is 35.5. The molecule has 24 heavy (non-hydrogen) atoms. The number of nitrogens with one attached hydrogen (secondary N) is 2. The Balaban J connectivity index is 2.06. The zero-order valence-electron chi connectivity index (χ0n) is 13.0. The number of halogens is 2. The van der Waals surface area contributed by atoms with Crippen LogP contribution in [0, 0.1) is 0 Å². The van der Waals surface area contributed by atoms with Crippen LogP contribution in [-0.4, -0.2) is 11.8 Å². The summed E-state index contributed by atoms with van der Waals surface area (Å²) >= 11 is 11.9. The molecule has 0 saturated carbocycles. The van der Waals surface area contributed by atoms with Crippen molar-refractivity contribution in [1.29, 1.82) is 0 Å². The molecule has 0 radical (unpaired) electrons. The molecule has 6 heteroatoms. The molecule has 0 spiro atoms. The first-order chi connectivity index (χ1) is 11.5. The van der Waals surface area contributed by atoms with Gasteiger partial charge in [0.15, 0.2) is 0 Å². The Morgan fingerprint density at radius 2 is 1.75 bits per heavy atom. The van der Waals surface area contributed by atoms with Gasteiger partial charge in [0.05, 0.1) is 10.7 Å². The maximum absolute atomic E-state index is 12.0.